The first-order valence-corrected chi connectivity index (χ1v) is 9.01. The van der Waals surface area contributed by atoms with Crippen molar-refractivity contribution < 1.29 is 0 Å². The largest absolute Gasteiger partial charge is 0.369 e. The average Bonchev–Trinajstić information content (AvgIpc) is 3.16. The molecule has 4 rings (SSSR count). The van der Waals surface area contributed by atoms with Gasteiger partial charge in [-0.3, -0.25) is 4.90 Å². The van der Waals surface area contributed by atoms with Crippen LogP contribution in [0.1, 0.15) is 6.92 Å². The quantitative estimate of drug-likeness (QED) is 0.752. The molecule has 2 N–H and O–H groups in total. The van der Waals surface area contributed by atoms with Crippen molar-refractivity contribution in [1.29, 1.82) is 0 Å². The van der Waals surface area contributed by atoms with Gasteiger partial charge in [-0.05, 0) is 37.3 Å². The van der Waals surface area contributed by atoms with Crippen LogP contribution in [0.15, 0.2) is 54.9 Å². The lowest BCUT2D eigenvalue weighted by molar-refractivity contribution is 0.204. The van der Waals surface area contributed by atoms with Crippen LogP contribution >= 0.6 is 0 Å². The lowest BCUT2D eigenvalue weighted by atomic mass is 10.1. The average molecular weight is 335 g/mol. The lowest BCUT2D eigenvalue weighted by Gasteiger charge is -2.39. The van der Waals surface area contributed by atoms with Crippen LogP contribution < -0.4 is 10.2 Å². The Balaban J connectivity index is 1.34. The summed E-state index contributed by atoms with van der Waals surface area (Å²) in [6.45, 7) is 7.52. The molecule has 0 saturated carbocycles. The predicted molar refractivity (Wildman–Crippen MR) is 104 cm³/mol. The highest BCUT2D eigenvalue weighted by molar-refractivity contribution is 5.92. The molecule has 1 atom stereocenters. The summed E-state index contributed by atoms with van der Waals surface area (Å²) in [6.07, 6.45) is 3.85. The van der Waals surface area contributed by atoms with Crippen molar-refractivity contribution in [3.8, 4) is 0 Å². The second-order valence-corrected chi connectivity index (χ2v) is 6.68. The molecule has 1 aliphatic rings. The second-order valence-electron chi connectivity index (χ2n) is 6.68. The van der Waals surface area contributed by atoms with Gasteiger partial charge in [0.25, 0.3) is 0 Å². The van der Waals surface area contributed by atoms with Crippen LogP contribution in [-0.2, 0) is 0 Å². The Morgan fingerprint density at radius 1 is 1.08 bits per heavy atom. The fourth-order valence-electron chi connectivity index (χ4n) is 3.60. The first-order valence-electron chi connectivity index (χ1n) is 9.01. The molecule has 5 nitrogen and oxygen atoms in total. The number of anilines is 2. The van der Waals surface area contributed by atoms with Crippen LogP contribution in [0.3, 0.4) is 0 Å². The Morgan fingerprint density at radius 3 is 2.76 bits per heavy atom. The van der Waals surface area contributed by atoms with E-state index in [4.69, 9.17) is 0 Å². The molecule has 2 aromatic heterocycles. The molecule has 0 aliphatic carbocycles. The Labute approximate surface area is 148 Å². The number of pyridine rings is 1. The molecule has 0 bridgehead atoms. The van der Waals surface area contributed by atoms with Crippen LogP contribution in [0.25, 0.3) is 10.9 Å². The van der Waals surface area contributed by atoms with E-state index in [-0.39, 0.29) is 0 Å². The Kier molecular flexibility index (Phi) is 4.57. The zero-order valence-corrected chi connectivity index (χ0v) is 14.7. The number of piperazine rings is 1. The standard InChI is InChI=1S/C20H25N5/c1-16(15-23-20-7-2-3-9-22-20)24-11-13-25(14-12-24)19-6-4-5-18-17(19)8-10-21-18/h2-10,16,21H,11-15H2,1H3,(H,22,23). The van der Waals surface area contributed by atoms with Gasteiger partial charge in [-0.15, -0.1) is 0 Å². The normalized spacial score (nSPS) is 16.9. The SMILES string of the molecule is CC(CNc1ccccn1)N1CCN(c2cccc3[nH]ccc23)CC1. The monoisotopic (exact) mass is 335 g/mol. The van der Waals surface area contributed by atoms with E-state index in [1.54, 1.807) is 0 Å². The number of fused-ring (bicyclic) bond motifs is 1. The molecule has 130 valence electrons. The summed E-state index contributed by atoms with van der Waals surface area (Å²) in [5, 5.41) is 4.76. The number of aromatic nitrogens is 2. The summed E-state index contributed by atoms with van der Waals surface area (Å²) in [4.78, 5) is 12.7. The minimum Gasteiger partial charge on any atom is -0.369 e. The number of aromatic amines is 1. The van der Waals surface area contributed by atoms with Crippen LogP contribution in [-0.4, -0.2) is 53.6 Å². The molecular formula is C20H25N5. The third-order valence-electron chi connectivity index (χ3n) is 5.09. The highest BCUT2D eigenvalue weighted by atomic mass is 15.3. The van der Waals surface area contributed by atoms with E-state index >= 15 is 0 Å². The van der Waals surface area contributed by atoms with E-state index in [2.05, 4.69) is 56.3 Å². The Bertz CT molecular complexity index is 805. The summed E-state index contributed by atoms with van der Waals surface area (Å²) < 4.78 is 0. The van der Waals surface area contributed by atoms with E-state index in [0.717, 1.165) is 38.5 Å². The van der Waals surface area contributed by atoms with E-state index in [1.165, 1.54) is 16.6 Å². The molecule has 1 saturated heterocycles. The molecule has 5 heteroatoms. The van der Waals surface area contributed by atoms with Crippen molar-refractivity contribution in [2.45, 2.75) is 13.0 Å². The summed E-state index contributed by atoms with van der Waals surface area (Å²) >= 11 is 0. The van der Waals surface area contributed by atoms with Gasteiger partial charge in [0, 0.05) is 67.7 Å². The zero-order chi connectivity index (χ0) is 17.1. The molecule has 1 fully saturated rings. The summed E-state index contributed by atoms with van der Waals surface area (Å²) in [7, 11) is 0. The highest BCUT2D eigenvalue weighted by Crippen LogP contribution is 2.27. The van der Waals surface area contributed by atoms with E-state index in [0.29, 0.717) is 6.04 Å². The van der Waals surface area contributed by atoms with Gasteiger partial charge in [0.2, 0.25) is 0 Å². The molecule has 3 aromatic rings. The maximum atomic E-state index is 4.33. The number of nitrogens with one attached hydrogen (secondary N) is 2. The smallest absolute Gasteiger partial charge is 0.125 e. The third kappa shape index (κ3) is 3.46. The number of benzene rings is 1. The number of hydrogen-bond donors (Lipinski definition) is 2. The first kappa shape index (κ1) is 16.0. The maximum Gasteiger partial charge on any atom is 0.125 e. The molecule has 0 spiro atoms. The summed E-state index contributed by atoms with van der Waals surface area (Å²) in [5.74, 6) is 0.951. The lowest BCUT2D eigenvalue weighted by Crippen LogP contribution is -2.51. The molecule has 25 heavy (non-hydrogen) atoms. The molecule has 0 radical (unpaired) electrons. The van der Waals surface area contributed by atoms with Gasteiger partial charge in [-0.2, -0.15) is 0 Å². The first-order chi connectivity index (χ1) is 12.3. The summed E-state index contributed by atoms with van der Waals surface area (Å²) in [5.41, 5.74) is 2.56. The summed E-state index contributed by atoms with van der Waals surface area (Å²) in [6, 6.07) is 15.2. The maximum absolute atomic E-state index is 4.33. The second kappa shape index (κ2) is 7.15. The molecule has 0 amide bonds. The van der Waals surface area contributed by atoms with Crippen molar-refractivity contribution in [3.63, 3.8) is 0 Å². The van der Waals surface area contributed by atoms with Crippen molar-refractivity contribution >= 4 is 22.4 Å². The van der Waals surface area contributed by atoms with Gasteiger partial charge in [-0.1, -0.05) is 12.1 Å². The van der Waals surface area contributed by atoms with Gasteiger partial charge in [0.1, 0.15) is 5.82 Å². The Morgan fingerprint density at radius 2 is 1.96 bits per heavy atom. The zero-order valence-electron chi connectivity index (χ0n) is 14.7. The van der Waals surface area contributed by atoms with Crippen LogP contribution in [0, 0.1) is 0 Å². The van der Waals surface area contributed by atoms with Gasteiger partial charge in [0.15, 0.2) is 0 Å². The number of hydrogen-bond acceptors (Lipinski definition) is 4. The number of nitrogens with zero attached hydrogens (tertiary/aromatic N) is 3. The molecule has 1 unspecified atom stereocenters. The van der Waals surface area contributed by atoms with Gasteiger partial charge in [-0.25, -0.2) is 4.98 Å². The van der Waals surface area contributed by atoms with Crippen LogP contribution in [0.5, 0.6) is 0 Å². The van der Waals surface area contributed by atoms with Gasteiger partial charge >= 0.3 is 0 Å². The van der Waals surface area contributed by atoms with Gasteiger partial charge in [0.05, 0.1) is 0 Å². The fraction of sp³-hybridized carbons (Fsp3) is 0.350. The minimum atomic E-state index is 0.493. The van der Waals surface area contributed by atoms with Crippen LogP contribution in [0.2, 0.25) is 0 Å². The van der Waals surface area contributed by atoms with Crippen molar-refractivity contribution in [2.75, 3.05) is 42.9 Å². The third-order valence-corrected chi connectivity index (χ3v) is 5.09. The van der Waals surface area contributed by atoms with Crippen molar-refractivity contribution in [2.24, 2.45) is 0 Å². The van der Waals surface area contributed by atoms with E-state index in [1.807, 2.05) is 30.6 Å². The van der Waals surface area contributed by atoms with Gasteiger partial charge < -0.3 is 15.2 Å². The Hall–Kier alpha value is -2.53. The van der Waals surface area contributed by atoms with E-state index in [9.17, 15) is 0 Å². The topological polar surface area (TPSA) is 47.2 Å². The predicted octanol–water partition coefficient (Wildman–Crippen LogP) is 3.19. The van der Waals surface area contributed by atoms with Crippen LogP contribution in [0.4, 0.5) is 11.5 Å². The number of rotatable bonds is 5. The molecule has 1 aromatic carbocycles. The van der Waals surface area contributed by atoms with Crippen molar-refractivity contribution in [3.05, 3.63) is 54.9 Å². The molecule has 1 aliphatic heterocycles. The number of H-pyrrole nitrogens is 1. The molecule has 3 heterocycles. The van der Waals surface area contributed by atoms with E-state index < -0.39 is 0 Å². The fourth-order valence-corrected chi connectivity index (χ4v) is 3.60. The highest BCUT2D eigenvalue weighted by Gasteiger charge is 2.22. The van der Waals surface area contributed by atoms with Crippen molar-refractivity contribution in [1.82, 2.24) is 14.9 Å². The minimum absolute atomic E-state index is 0.493. The molecular weight excluding hydrogens is 310 g/mol.